The lowest BCUT2D eigenvalue weighted by Crippen LogP contribution is -2.32. The summed E-state index contributed by atoms with van der Waals surface area (Å²) >= 11 is 6.23. The summed E-state index contributed by atoms with van der Waals surface area (Å²) in [6.07, 6.45) is -4.18. The standard InChI is InChI=1S/C26H25ClF3N3O3/c1-4-20-23(32-22-17-9-7-6-8-15(17)12-21(22)36-14(3)34)25(35)33(5-2)24(31-20)18-11-10-16(13-19(18)27)26(28,29)30/h6-11,13,21-22,32H,4-5,12H2,1-3H3/t21-,22-/m0/s1. The molecule has 0 fully saturated rings. The van der Waals surface area contributed by atoms with Crippen molar-refractivity contribution in [1.29, 1.82) is 0 Å². The highest BCUT2D eigenvalue weighted by atomic mass is 35.5. The zero-order valence-electron chi connectivity index (χ0n) is 19.9. The Morgan fingerprint density at radius 2 is 1.94 bits per heavy atom. The smallest absolute Gasteiger partial charge is 0.416 e. The highest BCUT2D eigenvalue weighted by molar-refractivity contribution is 6.33. The Morgan fingerprint density at radius 3 is 2.56 bits per heavy atom. The Bertz CT molecular complexity index is 1370. The van der Waals surface area contributed by atoms with Gasteiger partial charge >= 0.3 is 12.1 Å². The minimum absolute atomic E-state index is 0.152. The molecular weight excluding hydrogens is 495 g/mol. The fourth-order valence-electron chi connectivity index (χ4n) is 4.58. The van der Waals surface area contributed by atoms with E-state index in [0.717, 1.165) is 23.3 Å². The van der Waals surface area contributed by atoms with E-state index in [1.165, 1.54) is 17.6 Å². The van der Waals surface area contributed by atoms with E-state index >= 15 is 0 Å². The lowest BCUT2D eigenvalue weighted by molar-refractivity contribution is -0.146. The summed E-state index contributed by atoms with van der Waals surface area (Å²) in [4.78, 5) is 30.1. The third-order valence-corrected chi connectivity index (χ3v) is 6.55. The largest absolute Gasteiger partial charge is 0.460 e. The number of nitrogens with one attached hydrogen (secondary N) is 1. The molecular formula is C26H25ClF3N3O3. The zero-order chi connectivity index (χ0) is 26.2. The van der Waals surface area contributed by atoms with E-state index in [0.29, 0.717) is 18.5 Å². The van der Waals surface area contributed by atoms with Crippen molar-refractivity contribution in [3.05, 3.63) is 80.2 Å². The maximum Gasteiger partial charge on any atom is 0.416 e. The third kappa shape index (κ3) is 4.84. The molecule has 0 bridgehead atoms. The van der Waals surface area contributed by atoms with Gasteiger partial charge in [-0.15, -0.1) is 0 Å². The van der Waals surface area contributed by atoms with Gasteiger partial charge in [0.2, 0.25) is 0 Å². The van der Waals surface area contributed by atoms with Gasteiger partial charge in [-0.1, -0.05) is 42.8 Å². The fourth-order valence-corrected chi connectivity index (χ4v) is 4.84. The summed E-state index contributed by atoms with van der Waals surface area (Å²) in [6.45, 7) is 5.12. The Balaban J connectivity index is 1.81. The van der Waals surface area contributed by atoms with Gasteiger partial charge in [0, 0.05) is 25.5 Å². The molecule has 4 rings (SSSR count). The van der Waals surface area contributed by atoms with Gasteiger partial charge in [0.1, 0.15) is 17.6 Å². The van der Waals surface area contributed by atoms with Gasteiger partial charge in [0.15, 0.2) is 0 Å². The Labute approximate surface area is 211 Å². The molecule has 0 unspecified atom stereocenters. The number of hydrogen-bond donors (Lipinski definition) is 1. The first-order valence-corrected chi connectivity index (χ1v) is 11.9. The van der Waals surface area contributed by atoms with E-state index < -0.39 is 29.9 Å². The number of anilines is 1. The van der Waals surface area contributed by atoms with Crippen molar-refractivity contribution in [3.63, 3.8) is 0 Å². The second kappa shape index (κ2) is 9.97. The van der Waals surface area contributed by atoms with Crippen LogP contribution >= 0.6 is 11.6 Å². The minimum atomic E-state index is -4.54. The second-order valence-electron chi connectivity index (χ2n) is 8.53. The summed E-state index contributed by atoms with van der Waals surface area (Å²) in [5, 5.41) is 3.13. The molecule has 1 aliphatic carbocycles. The highest BCUT2D eigenvalue weighted by Crippen LogP contribution is 2.38. The summed E-state index contributed by atoms with van der Waals surface area (Å²) in [5.74, 6) is -0.237. The molecule has 0 spiro atoms. The van der Waals surface area contributed by atoms with Crippen LogP contribution in [0.5, 0.6) is 0 Å². The molecule has 190 valence electrons. The Morgan fingerprint density at radius 1 is 1.22 bits per heavy atom. The van der Waals surface area contributed by atoms with Crippen LogP contribution < -0.4 is 10.9 Å². The van der Waals surface area contributed by atoms with Gasteiger partial charge in [-0.2, -0.15) is 13.2 Å². The summed E-state index contributed by atoms with van der Waals surface area (Å²) in [7, 11) is 0. The van der Waals surface area contributed by atoms with Gasteiger partial charge in [-0.3, -0.25) is 14.2 Å². The van der Waals surface area contributed by atoms with Crippen molar-refractivity contribution in [3.8, 4) is 11.4 Å². The maximum atomic E-state index is 13.7. The number of esters is 1. The van der Waals surface area contributed by atoms with E-state index in [4.69, 9.17) is 16.3 Å². The molecule has 1 heterocycles. The summed E-state index contributed by atoms with van der Waals surface area (Å²) in [6, 6.07) is 10.2. The molecule has 1 aromatic heterocycles. The number of aromatic nitrogens is 2. The van der Waals surface area contributed by atoms with Crippen LogP contribution in [0.25, 0.3) is 11.4 Å². The molecule has 0 saturated heterocycles. The van der Waals surface area contributed by atoms with E-state index in [2.05, 4.69) is 10.3 Å². The van der Waals surface area contributed by atoms with Crippen LogP contribution in [0.2, 0.25) is 5.02 Å². The summed E-state index contributed by atoms with van der Waals surface area (Å²) < 4.78 is 46.3. The average molecular weight is 520 g/mol. The van der Waals surface area contributed by atoms with Crippen LogP contribution in [0.4, 0.5) is 18.9 Å². The van der Waals surface area contributed by atoms with Gasteiger partial charge in [-0.05, 0) is 42.7 Å². The predicted octanol–water partition coefficient (Wildman–Crippen LogP) is 5.81. The lowest BCUT2D eigenvalue weighted by Gasteiger charge is -2.24. The molecule has 36 heavy (non-hydrogen) atoms. The highest BCUT2D eigenvalue weighted by Gasteiger charge is 2.36. The summed E-state index contributed by atoms with van der Waals surface area (Å²) in [5.41, 5.74) is 1.58. The second-order valence-corrected chi connectivity index (χ2v) is 8.93. The van der Waals surface area contributed by atoms with Gasteiger partial charge in [-0.25, -0.2) is 4.98 Å². The molecule has 0 amide bonds. The number of hydrogen-bond acceptors (Lipinski definition) is 5. The minimum Gasteiger partial charge on any atom is -0.460 e. The number of fused-ring (bicyclic) bond motifs is 1. The number of carbonyl (C=O) groups excluding carboxylic acids is 1. The van der Waals surface area contributed by atoms with Crippen LogP contribution in [0, 0.1) is 0 Å². The normalized spacial score (nSPS) is 17.1. The van der Waals surface area contributed by atoms with Crippen LogP contribution in [0.1, 0.15) is 49.2 Å². The van der Waals surface area contributed by atoms with E-state index in [-0.39, 0.29) is 34.2 Å². The van der Waals surface area contributed by atoms with E-state index in [1.807, 2.05) is 31.2 Å². The maximum absolute atomic E-state index is 13.7. The number of carbonyl (C=O) groups is 1. The molecule has 2 atom stereocenters. The quantitative estimate of drug-likeness (QED) is 0.416. The molecule has 6 nitrogen and oxygen atoms in total. The number of nitrogens with zero attached hydrogens (tertiary/aromatic N) is 2. The Kier molecular flexibility index (Phi) is 7.13. The predicted molar refractivity (Wildman–Crippen MR) is 131 cm³/mol. The first-order valence-electron chi connectivity index (χ1n) is 11.6. The third-order valence-electron chi connectivity index (χ3n) is 6.23. The molecule has 0 radical (unpaired) electrons. The number of aryl methyl sites for hydroxylation is 1. The van der Waals surface area contributed by atoms with Gasteiger partial charge in [0.25, 0.3) is 5.56 Å². The van der Waals surface area contributed by atoms with E-state index in [9.17, 15) is 22.8 Å². The number of benzene rings is 2. The van der Waals surface area contributed by atoms with Crippen LogP contribution in [0.15, 0.2) is 47.3 Å². The molecule has 10 heteroatoms. The molecule has 1 N–H and O–H groups in total. The molecule has 1 aliphatic rings. The average Bonchev–Trinajstić information content (AvgIpc) is 3.15. The van der Waals surface area contributed by atoms with Crippen molar-refractivity contribution in [1.82, 2.24) is 9.55 Å². The van der Waals surface area contributed by atoms with Crippen molar-refractivity contribution in [2.45, 2.75) is 58.5 Å². The number of rotatable bonds is 6. The van der Waals surface area contributed by atoms with Crippen LogP contribution in [0.3, 0.4) is 0 Å². The monoisotopic (exact) mass is 519 g/mol. The van der Waals surface area contributed by atoms with E-state index in [1.54, 1.807) is 6.92 Å². The topological polar surface area (TPSA) is 73.2 Å². The molecule has 3 aromatic rings. The molecule has 0 saturated carbocycles. The molecule has 0 aliphatic heterocycles. The number of ether oxygens (including phenoxy) is 1. The first-order chi connectivity index (χ1) is 17.0. The van der Waals surface area contributed by atoms with Gasteiger partial charge in [0.05, 0.1) is 22.3 Å². The fraction of sp³-hybridized carbons (Fsp3) is 0.346. The van der Waals surface area contributed by atoms with Crippen molar-refractivity contribution >= 4 is 23.3 Å². The number of alkyl halides is 3. The molecule has 2 aromatic carbocycles. The zero-order valence-corrected chi connectivity index (χ0v) is 20.7. The SMILES string of the molecule is CCc1nc(-c2ccc(C(F)(F)F)cc2Cl)n(CC)c(=O)c1N[C@H]1c2ccccc2C[C@@H]1OC(C)=O. The van der Waals surface area contributed by atoms with Crippen molar-refractivity contribution < 1.29 is 22.7 Å². The Hall–Kier alpha value is -3.33. The first kappa shape index (κ1) is 25.8. The lowest BCUT2D eigenvalue weighted by atomic mass is 10.1. The van der Waals surface area contributed by atoms with Crippen LogP contribution in [-0.2, 0) is 35.1 Å². The van der Waals surface area contributed by atoms with Crippen molar-refractivity contribution in [2.24, 2.45) is 0 Å². The van der Waals surface area contributed by atoms with Crippen LogP contribution in [-0.4, -0.2) is 21.6 Å². The van der Waals surface area contributed by atoms with Crippen molar-refractivity contribution in [2.75, 3.05) is 5.32 Å². The number of halogens is 4. The van der Waals surface area contributed by atoms with Gasteiger partial charge < -0.3 is 10.1 Å².